The Kier molecular flexibility index (Phi) is 5.15. The maximum atomic E-state index is 13.1. The second-order valence-corrected chi connectivity index (χ2v) is 5.69. The Morgan fingerprint density at radius 2 is 2.15 bits per heavy atom. The van der Waals surface area contributed by atoms with Gasteiger partial charge in [0.2, 0.25) is 0 Å². The fraction of sp³-hybridized carbons (Fsp3) is 0.400. The number of nitrogens with one attached hydrogen (secondary N) is 1. The first-order valence-electron chi connectivity index (χ1n) is 6.71. The van der Waals surface area contributed by atoms with Crippen LogP contribution in [-0.4, -0.2) is 16.3 Å². The van der Waals surface area contributed by atoms with Crippen LogP contribution in [0, 0.1) is 11.7 Å². The summed E-state index contributed by atoms with van der Waals surface area (Å²) >= 11 is 5.77. The molecule has 0 saturated carbocycles. The molecule has 1 N–H and O–H groups in total. The smallest absolute Gasteiger partial charge is 0.141 e. The van der Waals surface area contributed by atoms with Gasteiger partial charge in [0.15, 0.2) is 0 Å². The highest BCUT2D eigenvalue weighted by Crippen LogP contribution is 2.16. The molecule has 0 bridgehead atoms. The molecule has 0 amide bonds. The summed E-state index contributed by atoms with van der Waals surface area (Å²) in [4.78, 5) is 0. The van der Waals surface area contributed by atoms with Crippen LogP contribution in [0.15, 0.2) is 30.5 Å². The first-order chi connectivity index (χ1) is 9.54. The van der Waals surface area contributed by atoms with Gasteiger partial charge in [-0.2, -0.15) is 5.10 Å². The highest BCUT2D eigenvalue weighted by Gasteiger charge is 2.04. The Labute approximate surface area is 123 Å². The quantitative estimate of drug-likeness (QED) is 0.884. The lowest BCUT2D eigenvalue weighted by Gasteiger charge is -2.05. The molecule has 3 nitrogen and oxygen atoms in total. The van der Waals surface area contributed by atoms with Crippen molar-refractivity contribution in [2.24, 2.45) is 5.92 Å². The van der Waals surface area contributed by atoms with Gasteiger partial charge in [0.1, 0.15) is 5.82 Å². The molecule has 108 valence electrons. The number of benzene rings is 1. The van der Waals surface area contributed by atoms with E-state index in [-0.39, 0.29) is 5.02 Å². The van der Waals surface area contributed by atoms with Gasteiger partial charge in [0, 0.05) is 12.7 Å². The average molecular weight is 296 g/mol. The van der Waals surface area contributed by atoms with Crippen LogP contribution in [0.4, 0.5) is 4.39 Å². The van der Waals surface area contributed by atoms with Crippen LogP contribution in [0.1, 0.15) is 25.1 Å². The third-order valence-corrected chi connectivity index (χ3v) is 3.17. The lowest BCUT2D eigenvalue weighted by molar-refractivity contribution is 0.543. The van der Waals surface area contributed by atoms with E-state index in [2.05, 4.69) is 24.3 Å². The normalized spacial score (nSPS) is 11.2. The Bertz CT molecular complexity index is 566. The highest BCUT2D eigenvalue weighted by molar-refractivity contribution is 6.30. The van der Waals surface area contributed by atoms with E-state index < -0.39 is 5.82 Å². The van der Waals surface area contributed by atoms with Gasteiger partial charge in [-0.05, 0) is 36.2 Å². The van der Waals surface area contributed by atoms with E-state index in [0.717, 1.165) is 24.3 Å². The maximum absolute atomic E-state index is 13.1. The minimum atomic E-state index is -0.394. The molecule has 0 unspecified atom stereocenters. The predicted octanol–water partition coefficient (Wildman–Crippen LogP) is 3.47. The molecule has 1 aromatic heterocycles. The van der Waals surface area contributed by atoms with Crippen molar-refractivity contribution in [1.82, 2.24) is 15.1 Å². The third kappa shape index (κ3) is 4.32. The molecule has 1 heterocycles. The van der Waals surface area contributed by atoms with Crippen LogP contribution < -0.4 is 5.32 Å². The molecule has 0 atom stereocenters. The summed E-state index contributed by atoms with van der Waals surface area (Å²) < 4.78 is 14.9. The first kappa shape index (κ1) is 15.0. The van der Waals surface area contributed by atoms with Crippen molar-refractivity contribution < 1.29 is 4.39 Å². The SMILES string of the molecule is CC(C)CNCc1ccn(Cc2ccc(F)c(Cl)c2)n1. The van der Waals surface area contributed by atoms with Gasteiger partial charge in [-0.3, -0.25) is 4.68 Å². The molecule has 20 heavy (non-hydrogen) atoms. The van der Waals surface area contributed by atoms with Crippen LogP contribution in [0.2, 0.25) is 5.02 Å². The molecule has 5 heteroatoms. The number of nitrogens with zero attached hydrogens (tertiary/aromatic N) is 2. The summed E-state index contributed by atoms with van der Waals surface area (Å²) in [7, 11) is 0. The second kappa shape index (κ2) is 6.86. The van der Waals surface area contributed by atoms with Gasteiger partial charge in [-0.15, -0.1) is 0 Å². The fourth-order valence-corrected chi connectivity index (χ4v) is 2.10. The molecule has 1 aromatic carbocycles. The molecule has 0 spiro atoms. The van der Waals surface area contributed by atoms with E-state index in [0.29, 0.717) is 12.5 Å². The summed E-state index contributed by atoms with van der Waals surface area (Å²) in [5.74, 6) is 0.230. The van der Waals surface area contributed by atoms with Crippen LogP contribution in [0.3, 0.4) is 0 Å². The zero-order valence-electron chi connectivity index (χ0n) is 11.7. The zero-order chi connectivity index (χ0) is 14.5. The molecule has 0 radical (unpaired) electrons. The molecule has 2 rings (SSSR count). The molecule has 0 aliphatic rings. The molecule has 2 aromatic rings. The van der Waals surface area contributed by atoms with E-state index >= 15 is 0 Å². The van der Waals surface area contributed by atoms with Crippen molar-refractivity contribution in [3.63, 3.8) is 0 Å². The van der Waals surface area contributed by atoms with E-state index in [4.69, 9.17) is 11.6 Å². The summed E-state index contributed by atoms with van der Waals surface area (Å²) in [5.41, 5.74) is 1.93. The molecule has 0 aliphatic heterocycles. The minimum Gasteiger partial charge on any atom is -0.311 e. The third-order valence-electron chi connectivity index (χ3n) is 2.88. The largest absolute Gasteiger partial charge is 0.311 e. The number of aromatic nitrogens is 2. The maximum Gasteiger partial charge on any atom is 0.141 e. The van der Waals surface area contributed by atoms with Crippen LogP contribution >= 0.6 is 11.6 Å². The van der Waals surface area contributed by atoms with Gasteiger partial charge in [0.05, 0.1) is 17.3 Å². The summed E-state index contributed by atoms with van der Waals surface area (Å²) in [6.07, 6.45) is 1.92. The van der Waals surface area contributed by atoms with Crippen LogP contribution in [0.25, 0.3) is 0 Å². The number of rotatable bonds is 6. The summed E-state index contributed by atoms with van der Waals surface area (Å²) in [5, 5.41) is 7.97. The van der Waals surface area contributed by atoms with Gasteiger partial charge in [0.25, 0.3) is 0 Å². The van der Waals surface area contributed by atoms with Gasteiger partial charge in [-0.25, -0.2) is 4.39 Å². The zero-order valence-corrected chi connectivity index (χ0v) is 12.5. The second-order valence-electron chi connectivity index (χ2n) is 5.28. The average Bonchev–Trinajstić information content (AvgIpc) is 2.81. The Balaban J connectivity index is 1.93. The number of hydrogen-bond donors (Lipinski definition) is 1. The molecule has 0 saturated heterocycles. The summed E-state index contributed by atoms with van der Waals surface area (Å²) in [6.45, 7) is 6.66. The molecule has 0 fully saturated rings. The molecular formula is C15H19ClFN3. The van der Waals surface area contributed by atoms with E-state index in [1.54, 1.807) is 12.1 Å². The van der Waals surface area contributed by atoms with Crippen LogP contribution in [-0.2, 0) is 13.1 Å². The summed E-state index contributed by atoms with van der Waals surface area (Å²) in [6, 6.07) is 6.72. The Hall–Kier alpha value is -1.39. The number of hydrogen-bond acceptors (Lipinski definition) is 2. The van der Waals surface area contributed by atoms with Crippen molar-refractivity contribution in [2.45, 2.75) is 26.9 Å². The van der Waals surface area contributed by atoms with E-state index in [1.165, 1.54) is 6.07 Å². The van der Waals surface area contributed by atoms with Crippen molar-refractivity contribution >= 4 is 11.6 Å². The fourth-order valence-electron chi connectivity index (χ4n) is 1.90. The van der Waals surface area contributed by atoms with Crippen molar-refractivity contribution in [2.75, 3.05) is 6.54 Å². The van der Waals surface area contributed by atoms with E-state index in [9.17, 15) is 4.39 Å². The first-order valence-corrected chi connectivity index (χ1v) is 7.09. The molecule has 0 aliphatic carbocycles. The monoisotopic (exact) mass is 295 g/mol. The van der Waals surface area contributed by atoms with Crippen LogP contribution in [0.5, 0.6) is 0 Å². The topological polar surface area (TPSA) is 29.9 Å². The lowest BCUT2D eigenvalue weighted by Crippen LogP contribution is -2.19. The van der Waals surface area contributed by atoms with E-state index in [1.807, 2.05) is 16.9 Å². The number of halogens is 2. The van der Waals surface area contributed by atoms with Crippen molar-refractivity contribution in [3.05, 3.63) is 52.6 Å². The Morgan fingerprint density at radius 3 is 2.85 bits per heavy atom. The van der Waals surface area contributed by atoms with Crippen molar-refractivity contribution in [3.8, 4) is 0 Å². The van der Waals surface area contributed by atoms with Gasteiger partial charge >= 0.3 is 0 Å². The standard InChI is InChI=1S/C15H19ClFN3/c1-11(2)8-18-9-13-5-6-20(19-13)10-12-3-4-15(17)14(16)7-12/h3-7,11,18H,8-10H2,1-2H3. The van der Waals surface area contributed by atoms with Crippen molar-refractivity contribution in [1.29, 1.82) is 0 Å². The Morgan fingerprint density at radius 1 is 1.35 bits per heavy atom. The van der Waals surface area contributed by atoms with Gasteiger partial charge in [-0.1, -0.05) is 31.5 Å². The minimum absolute atomic E-state index is 0.147. The highest BCUT2D eigenvalue weighted by atomic mass is 35.5. The lowest BCUT2D eigenvalue weighted by atomic mass is 10.2. The molecular weight excluding hydrogens is 277 g/mol. The van der Waals surface area contributed by atoms with Gasteiger partial charge < -0.3 is 5.32 Å². The predicted molar refractivity (Wildman–Crippen MR) is 79.3 cm³/mol.